The van der Waals surface area contributed by atoms with Crippen LogP contribution in [0.5, 0.6) is 0 Å². The Morgan fingerprint density at radius 1 is 1.33 bits per heavy atom. The monoisotopic (exact) mass is 214 g/mol. The molecule has 0 heterocycles. The van der Waals surface area contributed by atoms with Gasteiger partial charge in [-0.2, -0.15) is 0 Å². The predicted molar refractivity (Wildman–Crippen MR) is 64.8 cm³/mol. The van der Waals surface area contributed by atoms with Crippen LogP contribution < -0.4 is 10.6 Å². The molecule has 0 spiro atoms. The van der Waals surface area contributed by atoms with Crippen molar-refractivity contribution in [2.45, 2.75) is 41.0 Å². The standard InChI is InChI=1S/C12H26N2O/c1-6-7-14-11(15)9-13-8-10(2)12(3,4)5/h10,13H,6-9H2,1-5H3,(H,14,15). The SMILES string of the molecule is CCCNC(=O)CNCC(C)C(C)(C)C. The predicted octanol–water partition coefficient (Wildman–Crippen LogP) is 1.78. The van der Waals surface area contributed by atoms with Gasteiger partial charge in [-0.25, -0.2) is 0 Å². The molecule has 1 amide bonds. The molecule has 0 aromatic carbocycles. The summed E-state index contributed by atoms with van der Waals surface area (Å²) in [6.07, 6.45) is 0.990. The van der Waals surface area contributed by atoms with Crippen molar-refractivity contribution in [2.24, 2.45) is 11.3 Å². The smallest absolute Gasteiger partial charge is 0.233 e. The molecule has 0 rings (SSSR count). The van der Waals surface area contributed by atoms with Crippen molar-refractivity contribution in [1.29, 1.82) is 0 Å². The molecule has 0 fully saturated rings. The third kappa shape index (κ3) is 7.37. The highest BCUT2D eigenvalue weighted by Crippen LogP contribution is 2.24. The van der Waals surface area contributed by atoms with Crippen LogP contribution in [0, 0.1) is 11.3 Å². The fourth-order valence-corrected chi connectivity index (χ4v) is 1.04. The van der Waals surface area contributed by atoms with Crippen LogP contribution in [0.1, 0.15) is 41.0 Å². The molecule has 0 radical (unpaired) electrons. The molecule has 1 unspecified atom stereocenters. The average Bonchev–Trinajstić information content (AvgIpc) is 2.13. The summed E-state index contributed by atoms with van der Waals surface area (Å²) in [5.41, 5.74) is 0.299. The minimum atomic E-state index is 0.0953. The van der Waals surface area contributed by atoms with Crippen molar-refractivity contribution in [2.75, 3.05) is 19.6 Å². The maximum Gasteiger partial charge on any atom is 0.233 e. The van der Waals surface area contributed by atoms with Gasteiger partial charge >= 0.3 is 0 Å². The van der Waals surface area contributed by atoms with Crippen LogP contribution in [-0.2, 0) is 4.79 Å². The van der Waals surface area contributed by atoms with E-state index in [-0.39, 0.29) is 5.91 Å². The van der Waals surface area contributed by atoms with Gasteiger partial charge in [0.15, 0.2) is 0 Å². The largest absolute Gasteiger partial charge is 0.355 e. The maximum absolute atomic E-state index is 11.3. The van der Waals surface area contributed by atoms with Crippen molar-refractivity contribution in [3.8, 4) is 0 Å². The molecule has 1 atom stereocenters. The van der Waals surface area contributed by atoms with Crippen molar-refractivity contribution < 1.29 is 4.79 Å². The highest BCUT2D eigenvalue weighted by molar-refractivity contribution is 5.77. The maximum atomic E-state index is 11.3. The first kappa shape index (κ1) is 14.4. The summed E-state index contributed by atoms with van der Waals surface area (Å²) < 4.78 is 0. The summed E-state index contributed by atoms with van der Waals surface area (Å²) in [5, 5.41) is 6.03. The summed E-state index contributed by atoms with van der Waals surface area (Å²) in [4.78, 5) is 11.3. The average molecular weight is 214 g/mol. The van der Waals surface area contributed by atoms with Crippen molar-refractivity contribution in [3.63, 3.8) is 0 Å². The van der Waals surface area contributed by atoms with Crippen LogP contribution in [-0.4, -0.2) is 25.5 Å². The van der Waals surface area contributed by atoms with Crippen molar-refractivity contribution in [1.82, 2.24) is 10.6 Å². The van der Waals surface area contributed by atoms with Crippen LogP contribution in [0.2, 0.25) is 0 Å². The molecular weight excluding hydrogens is 188 g/mol. The van der Waals surface area contributed by atoms with E-state index in [1.165, 1.54) is 0 Å². The topological polar surface area (TPSA) is 41.1 Å². The van der Waals surface area contributed by atoms with Gasteiger partial charge in [0.05, 0.1) is 6.54 Å². The first-order chi connectivity index (χ1) is 6.88. The molecule has 15 heavy (non-hydrogen) atoms. The zero-order valence-electron chi connectivity index (χ0n) is 10.8. The Labute approximate surface area is 94.0 Å². The molecule has 0 aliphatic carbocycles. The molecule has 0 saturated heterocycles. The first-order valence-corrected chi connectivity index (χ1v) is 5.85. The van der Waals surface area contributed by atoms with Crippen LogP contribution in [0.3, 0.4) is 0 Å². The second-order valence-corrected chi connectivity index (χ2v) is 5.25. The molecule has 3 nitrogen and oxygen atoms in total. The highest BCUT2D eigenvalue weighted by Gasteiger charge is 2.19. The Kier molecular flexibility index (Phi) is 6.57. The molecule has 0 saturated carbocycles. The Bertz CT molecular complexity index is 185. The molecule has 2 N–H and O–H groups in total. The minimum absolute atomic E-state index is 0.0953. The van der Waals surface area contributed by atoms with Gasteiger partial charge in [-0.1, -0.05) is 34.6 Å². The van der Waals surface area contributed by atoms with E-state index in [9.17, 15) is 4.79 Å². The van der Waals surface area contributed by atoms with Gasteiger partial charge in [0.2, 0.25) is 5.91 Å². The highest BCUT2D eigenvalue weighted by atomic mass is 16.1. The molecule has 0 aliphatic heterocycles. The number of hydrogen-bond donors (Lipinski definition) is 2. The van der Waals surface area contributed by atoms with Crippen molar-refractivity contribution in [3.05, 3.63) is 0 Å². The number of amides is 1. The quantitative estimate of drug-likeness (QED) is 0.707. The van der Waals surface area contributed by atoms with E-state index in [1.54, 1.807) is 0 Å². The van der Waals surface area contributed by atoms with Gasteiger partial charge < -0.3 is 10.6 Å². The third-order valence-electron chi connectivity index (χ3n) is 2.79. The summed E-state index contributed by atoms with van der Waals surface area (Å²) in [6.45, 7) is 13.0. The second kappa shape index (κ2) is 6.83. The Morgan fingerprint density at radius 3 is 2.40 bits per heavy atom. The van der Waals surface area contributed by atoms with E-state index in [1.807, 2.05) is 0 Å². The summed E-state index contributed by atoms with van der Waals surface area (Å²) in [5.74, 6) is 0.662. The van der Waals surface area contributed by atoms with Gasteiger partial charge in [0.25, 0.3) is 0 Å². The lowest BCUT2D eigenvalue weighted by atomic mass is 9.82. The first-order valence-electron chi connectivity index (χ1n) is 5.85. The molecule has 0 aromatic heterocycles. The fourth-order valence-electron chi connectivity index (χ4n) is 1.04. The Morgan fingerprint density at radius 2 is 1.93 bits per heavy atom. The van der Waals surface area contributed by atoms with Gasteiger partial charge in [-0.3, -0.25) is 4.79 Å². The van der Waals surface area contributed by atoms with E-state index in [4.69, 9.17) is 0 Å². The normalized spacial score (nSPS) is 13.7. The van der Waals surface area contributed by atoms with Gasteiger partial charge in [0.1, 0.15) is 0 Å². The zero-order valence-corrected chi connectivity index (χ0v) is 10.8. The number of carbonyl (C=O) groups is 1. The van der Waals surface area contributed by atoms with Crippen LogP contribution >= 0.6 is 0 Å². The van der Waals surface area contributed by atoms with Crippen molar-refractivity contribution >= 4 is 5.91 Å². The van der Waals surface area contributed by atoms with Crippen LogP contribution in [0.25, 0.3) is 0 Å². The van der Waals surface area contributed by atoms with Crippen LogP contribution in [0.4, 0.5) is 0 Å². The molecule has 0 bridgehead atoms. The van der Waals surface area contributed by atoms with Gasteiger partial charge in [0, 0.05) is 6.54 Å². The second-order valence-electron chi connectivity index (χ2n) is 5.25. The van der Waals surface area contributed by atoms with Gasteiger partial charge in [-0.05, 0) is 24.3 Å². The van der Waals surface area contributed by atoms with E-state index in [0.717, 1.165) is 19.5 Å². The summed E-state index contributed by atoms with van der Waals surface area (Å²) in [7, 11) is 0. The number of rotatable bonds is 6. The fraction of sp³-hybridized carbons (Fsp3) is 0.917. The number of nitrogens with one attached hydrogen (secondary N) is 2. The van der Waals surface area contributed by atoms with E-state index >= 15 is 0 Å². The number of carbonyl (C=O) groups excluding carboxylic acids is 1. The Balaban J connectivity index is 3.57. The zero-order chi connectivity index (χ0) is 11.9. The van der Waals surface area contributed by atoms with E-state index in [2.05, 4.69) is 45.3 Å². The lowest BCUT2D eigenvalue weighted by molar-refractivity contribution is -0.120. The number of hydrogen-bond acceptors (Lipinski definition) is 2. The molecule has 90 valence electrons. The lowest BCUT2D eigenvalue weighted by Gasteiger charge is -2.27. The summed E-state index contributed by atoms with van der Waals surface area (Å²) >= 11 is 0. The van der Waals surface area contributed by atoms with E-state index in [0.29, 0.717) is 17.9 Å². The summed E-state index contributed by atoms with van der Waals surface area (Å²) in [6, 6.07) is 0. The van der Waals surface area contributed by atoms with Crippen LogP contribution in [0.15, 0.2) is 0 Å². The molecule has 0 aliphatic rings. The third-order valence-corrected chi connectivity index (χ3v) is 2.79. The molecule has 3 heteroatoms. The molecular formula is C12H26N2O. The van der Waals surface area contributed by atoms with Gasteiger partial charge in [-0.15, -0.1) is 0 Å². The molecule has 0 aromatic rings. The Hall–Kier alpha value is -0.570. The lowest BCUT2D eigenvalue weighted by Crippen LogP contribution is -2.38. The minimum Gasteiger partial charge on any atom is -0.355 e. The van der Waals surface area contributed by atoms with E-state index < -0.39 is 0 Å².